The van der Waals surface area contributed by atoms with Crippen LogP contribution in [0.15, 0.2) is 40.2 Å². The molecule has 3 rings (SSSR count). The summed E-state index contributed by atoms with van der Waals surface area (Å²) >= 11 is 6.79. The second-order valence-electron chi connectivity index (χ2n) is 4.37. The normalized spacial score (nSPS) is 13.0. The molecule has 2 N–H and O–H groups in total. The average Bonchev–Trinajstić information content (AvgIpc) is 2.95. The zero-order valence-electron chi connectivity index (χ0n) is 9.90. The van der Waals surface area contributed by atoms with Gasteiger partial charge in [0.05, 0.1) is 0 Å². The molecule has 98 valence electrons. The van der Waals surface area contributed by atoms with Crippen molar-refractivity contribution < 1.29 is 4.39 Å². The number of fused-ring (bicyclic) bond motifs is 1. The van der Waals surface area contributed by atoms with E-state index in [9.17, 15) is 4.39 Å². The summed E-state index contributed by atoms with van der Waals surface area (Å²) in [4.78, 5) is 2.35. The van der Waals surface area contributed by atoms with E-state index in [1.54, 1.807) is 28.7 Å². The van der Waals surface area contributed by atoms with E-state index >= 15 is 0 Å². The maximum atomic E-state index is 13.2. The van der Waals surface area contributed by atoms with Gasteiger partial charge in [-0.2, -0.15) is 0 Å². The average molecular weight is 356 g/mol. The Bertz CT molecular complexity index is 719. The summed E-state index contributed by atoms with van der Waals surface area (Å²) in [6.45, 7) is 0. The smallest absolute Gasteiger partial charge is 0.123 e. The number of halogens is 2. The van der Waals surface area contributed by atoms with E-state index in [4.69, 9.17) is 5.73 Å². The van der Waals surface area contributed by atoms with E-state index in [2.05, 4.69) is 27.4 Å². The molecule has 0 aliphatic carbocycles. The first-order chi connectivity index (χ1) is 9.11. The van der Waals surface area contributed by atoms with Gasteiger partial charge in [-0.1, -0.05) is 0 Å². The summed E-state index contributed by atoms with van der Waals surface area (Å²) in [7, 11) is 0. The third kappa shape index (κ3) is 2.89. The number of benzene rings is 1. The van der Waals surface area contributed by atoms with Crippen LogP contribution in [-0.2, 0) is 6.42 Å². The van der Waals surface area contributed by atoms with E-state index in [0.717, 1.165) is 25.9 Å². The standard InChI is InChI=1S/C14H11BrFNS2/c15-9-5-11(18-7-9)6-12(17)14-4-8-3-10(16)1-2-13(8)19-14/h1-5,7,12H,6,17H2. The van der Waals surface area contributed by atoms with Crippen LogP contribution in [0.2, 0.25) is 0 Å². The van der Waals surface area contributed by atoms with Crippen LogP contribution in [0.3, 0.4) is 0 Å². The van der Waals surface area contributed by atoms with Crippen molar-refractivity contribution in [3.63, 3.8) is 0 Å². The predicted molar refractivity (Wildman–Crippen MR) is 84.4 cm³/mol. The van der Waals surface area contributed by atoms with Crippen molar-refractivity contribution in [1.82, 2.24) is 0 Å². The maximum absolute atomic E-state index is 13.2. The van der Waals surface area contributed by atoms with E-state index in [1.165, 1.54) is 10.9 Å². The summed E-state index contributed by atoms with van der Waals surface area (Å²) in [6.07, 6.45) is 0.811. The van der Waals surface area contributed by atoms with E-state index in [1.807, 2.05) is 12.1 Å². The molecule has 0 aliphatic heterocycles. The predicted octanol–water partition coefficient (Wildman–Crippen LogP) is 5.11. The molecule has 0 bridgehead atoms. The lowest BCUT2D eigenvalue weighted by molar-refractivity contribution is 0.630. The van der Waals surface area contributed by atoms with Gasteiger partial charge in [0.1, 0.15) is 5.82 Å². The second-order valence-corrected chi connectivity index (χ2v) is 7.40. The minimum Gasteiger partial charge on any atom is -0.323 e. The molecule has 0 amide bonds. The minimum atomic E-state index is -0.201. The van der Waals surface area contributed by atoms with Crippen LogP contribution in [0.4, 0.5) is 4.39 Å². The van der Waals surface area contributed by atoms with Gasteiger partial charge < -0.3 is 5.73 Å². The molecule has 0 fully saturated rings. The van der Waals surface area contributed by atoms with Crippen molar-refractivity contribution >= 4 is 48.7 Å². The number of rotatable bonds is 3. The molecular weight excluding hydrogens is 345 g/mol. The fourth-order valence-electron chi connectivity index (χ4n) is 2.00. The molecule has 0 saturated carbocycles. The van der Waals surface area contributed by atoms with Crippen molar-refractivity contribution in [2.45, 2.75) is 12.5 Å². The number of hydrogen-bond acceptors (Lipinski definition) is 3. The van der Waals surface area contributed by atoms with E-state index in [0.29, 0.717) is 0 Å². The van der Waals surface area contributed by atoms with Crippen LogP contribution in [0.1, 0.15) is 15.8 Å². The van der Waals surface area contributed by atoms with Crippen molar-refractivity contribution in [2.24, 2.45) is 5.73 Å². The van der Waals surface area contributed by atoms with Crippen LogP contribution in [0.5, 0.6) is 0 Å². The molecule has 2 aromatic heterocycles. The quantitative estimate of drug-likeness (QED) is 0.694. The Labute approximate surface area is 127 Å². The lowest BCUT2D eigenvalue weighted by Crippen LogP contribution is -2.10. The van der Waals surface area contributed by atoms with Crippen molar-refractivity contribution in [3.8, 4) is 0 Å². The Kier molecular flexibility index (Phi) is 3.71. The third-order valence-electron chi connectivity index (χ3n) is 2.91. The first kappa shape index (κ1) is 13.2. The molecule has 0 aliphatic rings. The molecule has 19 heavy (non-hydrogen) atoms. The summed E-state index contributed by atoms with van der Waals surface area (Å²) in [5.74, 6) is -0.201. The first-order valence-electron chi connectivity index (χ1n) is 5.79. The molecule has 3 aromatic rings. The zero-order chi connectivity index (χ0) is 13.4. The monoisotopic (exact) mass is 355 g/mol. The fraction of sp³-hybridized carbons (Fsp3) is 0.143. The molecule has 0 spiro atoms. The molecule has 5 heteroatoms. The van der Waals surface area contributed by atoms with Gasteiger partial charge in [0.15, 0.2) is 0 Å². The van der Waals surface area contributed by atoms with Crippen LogP contribution in [0, 0.1) is 5.82 Å². The van der Waals surface area contributed by atoms with E-state index in [-0.39, 0.29) is 11.9 Å². The zero-order valence-corrected chi connectivity index (χ0v) is 13.1. The van der Waals surface area contributed by atoms with Crippen LogP contribution >= 0.6 is 38.6 Å². The Morgan fingerprint density at radius 2 is 2.11 bits per heavy atom. The fourth-order valence-corrected chi connectivity index (χ4v) is 4.55. The molecule has 1 unspecified atom stereocenters. The van der Waals surface area contributed by atoms with E-state index < -0.39 is 0 Å². The van der Waals surface area contributed by atoms with Gasteiger partial charge in [0.2, 0.25) is 0 Å². The molecule has 0 saturated heterocycles. The lowest BCUT2D eigenvalue weighted by Gasteiger charge is -2.06. The van der Waals surface area contributed by atoms with Gasteiger partial charge >= 0.3 is 0 Å². The lowest BCUT2D eigenvalue weighted by atomic mass is 10.1. The molecule has 1 atom stereocenters. The van der Waals surface area contributed by atoms with Gasteiger partial charge in [0, 0.05) is 36.8 Å². The minimum absolute atomic E-state index is 0.0361. The summed E-state index contributed by atoms with van der Waals surface area (Å²) in [5.41, 5.74) is 6.25. The highest BCUT2D eigenvalue weighted by molar-refractivity contribution is 9.10. The Morgan fingerprint density at radius 1 is 1.26 bits per heavy atom. The maximum Gasteiger partial charge on any atom is 0.123 e. The van der Waals surface area contributed by atoms with Crippen molar-refractivity contribution in [1.29, 1.82) is 0 Å². The van der Waals surface area contributed by atoms with Crippen LogP contribution < -0.4 is 5.73 Å². The topological polar surface area (TPSA) is 26.0 Å². The van der Waals surface area contributed by atoms with Crippen LogP contribution in [0.25, 0.3) is 10.1 Å². The van der Waals surface area contributed by atoms with Gasteiger partial charge in [0.25, 0.3) is 0 Å². The molecule has 0 radical (unpaired) electrons. The third-order valence-corrected chi connectivity index (χ3v) is 5.87. The largest absolute Gasteiger partial charge is 0.323 e. The molecule has 2 heterocycles. The highest BCUT2D eigenvalue weighted by atomic mass is 79.9. The van der Waals surface area contributed by atoms with Gasteiger partial charge in [-0.25, -0.2) is 4.39 Å². The second kappa shape index (κ2) is 5.32. The molecular formula is C14H11BrFNS2. The molecule has 1 nitrogen and oxygen atoms in total. The van der Waals surface area contributed by atoms with Crippen molar-refractivity contribution in [2.75, 3.05) is 0 Å². The van der Waals surface area contributed by atoms with Gasteiger partial charge in [-0.15, -0.1) is 22.7 Å². The van der Waals surface area contributed by atoms with Crippen molar-refractivity contribution in [3.05, 3.63) is 55.8 Å². The first-order valence-corrected chi connectivity index (χ1v) is 8.28. The summed E-state index contributed by atoms with van der Waals surface area (Å²) in [6, 6.07) is 8.92. The summed E-state index contributed by atoms with van der Waals surface area (Å²) < 4.78 is 15.3. The van der Waals surface area contributed by atoms with Gasteiger partial charge in [-0.05, 0) is 51.6 Å². The number of hydrogen-bond donors (Lipinski definition) is 1. The Morgan fingerprint density at radius 3 is 2.84 bits per heavy atom. The summed E-state index contributed by atoms with van der Waals surface area (Å²) in [5, 5.41) is 2.99. The highest BCUT2D eigenvalue weighted by Crippen LogP contribution is 2.32. The Hall–Kier alpha value is -0.750. The van der Waals surface area contributed by atoms with Gasteiger partial charge in [-0.3, -0.25) is 0 Å². The number of nitrogens with two attached hydrogens (primary N) is 1. The van der Waals surface area contributed by atoms with Crippen LogP contribution in [-0.4, -0.2) is 0 Å². The number of thiophene rings is 2. The molecule has 1 aromatic carbocycles. The Balaban J connectivity index is 1.86. The highest BCUT2D eigenvalue weighted by Gasteiger charge is 2.12. The SMILES string of the molecule is NC(Cc1cc(Br)cs1)c1cc2cc(F)ccc2s1.